The molecular weight excluding hydrogens is 280 g/mol. The molecule has 2 rings (SSSR count). The van der Waals surface area contributed by atoms with E-state index < -0.39 is 0 Å². The summed E-state index contributed by atoms with van der Waals surface area (Å²) in [6.07, 6.45) is 1.73. The van der Waals surface area contributed by atoms with E-state index in [2.05, 4.69) is 38.9 Å². The van der Waals surface area contributed by atoms with Crippen LogP contribution in [-0.2, 0) is 0 Å². The molecule has 0 aliphatic heterocycles. The SMILES string of the molecule is Cc1ccsc1-c1ncc(Br)c(=S)[nH]1. The highest BCUT2D eigenvalue weighted by atomic mass is 79.9. The van der Waals surface area contributed by atoms with Crippen LogP contribution in [0.2, 0.25) is 0 Å². The van der Waals surface area contributed by atoms with Crippen LogP contribution in [0.3, 0.4) is 0 Å². The van der Waals surface area contributed by atoms with Crippen molar-refractivity contribution in [3.05, 3.63) is 32.3 Å². The van der Waals surface area contributed by atoms with Crippen LogP contribution < -0.4 is 0 Å². The molecule has 0 radical (unpaired) electrons. The standard InChI is InChI=1S/C9H7BrN2S2/c1-5-2-3-14-7(5)8-11-4-6(10)9(13)12-8/h2-4H,1H3,(H,11,12,13). The molecule has 2 nitrogen and oxygen atoms in total. The monoisotopic (exact) mass is 286 g/mol. The van der Waals surface area contributed by atoms with Gasteiger partial charge in [0.1, 0.15) is 10.5 Å². The van der Waals surface area contributed by atoms with Gasteiger partial charge in [-0.25, -0.2) is 4.98 Å². The van der Waals surface area contributed by atoms with Crippen molar-refractivity contribution in [2.24, 2.45) is 0 Å². The maximum Gasteiger partial charge on any atom is 0.148 e. The van der Waals surface area contributed by atoms with Crippen molar-refractivity contribution >= 4 is 39.5 Å². The molecule has 0 aliphatic rings. The number of hydrogen-bond acceptors (Lipinski definition) is 3. The Labute approximate surface area is 99.2 Å². The number of nitrogens with zero attached hydrogens (tertiary/aromatic N) is 1. The molecule has 1 N–H and O–H groups in total. The summed E-state index contributed by atoms with van der Waals surface area (Å²) in [6, 6.07) is 2.07. The molecule has 0 spiro atoms. The van der Waals surface area contributed by atoms with Gasteiger partial charge >= 0.3 is 0 Å². The summed E-state index contributed by atoms with van der Waals surface area (Å²) in [6.45, 7) is 2.06. The van der Waals surface area contributed by atoms with Gasteiger partial charge in [-0.1, -0.05) is 12.2 Å². The summed E-state index contributed by atoms with van der Waals surface area (Å²) in [5.41, 5.74) is 1.22. The Balaban J connectivity index is 2.59. The predicted octanol–water partition coefficient (Wildman–Crippen LogP) is 3.94. The predicted molar refractivity (Wildman–Crippen MR) is 65.2 cm³/mol. The first-order chi connectivity index (χ1) is 6.68. The van der Waals surface area contributed by atoms with E-state index in [4.69, 9.17) is 12.2 Å². The lowest BCUT2D eigenvalue weighted by molar-refractivity contribution is 1.15. The van der Waals surface area contributed by atoms with Gasteiger partial charge in [0, 0.05) is 6.20 Å². The molecule has 72 valence electrons. The lowest BCUT2D eigenvalue weighted by atomic mass is 10.3. The summed E-state index contributed by atoms with van der Waals surface area (Å²) in [4.78, 5) is 8.51. The van der Waals surface area contributed by atoms with Gasteiger partial charge in [-0.2, -0.15) is 0 Å². The van der Waals surface area contributed by atoms with Crippen LogP contribution in [-0.4, -0.2) is 9.97 Å². The maximum atomic E-state index is 5.12. The fourth-order valence-corrected chi connectivity index (χ4v) is 2.34. The first-order valence-electron chi connectivity index (χ1n) is 3.98. The van der Waals surface area contributed by atoms with Gasteiger partial charge in [0.15, 0.2) is 0 Å². The Kier molecular flexibility index (Phi) is 2.80. The van der Waals surface area contributed by atoms with E-state index in [1.807, 2.05) is 5.38 Å². The first-order valence-corrected chi connectivity index (χ1v) is 6.06. The number of aryl methyl sites for hydroxylation is 1. The largest absolute Gasteiger partial charge is 0.329 e. The molecule has 14 heavy (non-hydrogen) atoms. The van der Waals surface area contributed by atoms with Crippen molar-refractivity contribution in [3.63, 3.8) is 0 Å². The molecule has 0 bridgehead atoms. The van der Waals surface area contributed by atoms with Gasteiger partial charge in [-0.15, -0.1) is 11.3 Å². The normalized spacial score (nSPS) is 10.4. The van der Waals surface area contributed by atoms with E-state index in [1.54, 1.807) is 17.5 Å². The third kappa shape index (κ3) is 1.80. The number of H-pyrrole nitrogens is 1. The van der Waals surface area contributed by atoms with Crippen LogP contribution in [0.25, 0.3) is 10.7 Å². The number of hydrogen-bond donors (Lipinski definition) is 1. The van der Waals surface area contributed by atoms with Crippen LogP contribution >= 0.6 is 39.5 Å². The minimum atomic E-state index is 0.683. The maximum absolute atomic E-state index is 5.12. The second kappa shape index (κ2) is 3.92. The minimum absolute atomic E-state index is 0.683. The van der Waals surface area contributed by atoms with Crippen molar-refractivity contribution < 1.29 is 0 Å². The number of nitrogens with one attached hydrogen (secondary N) is 1. The summed E-state index contributed by atoms with van der Waals surface area (Å²) >= 11 is 10.1. The average Bonchev–Trinajstić information content (AvgIpc) is 2.57. The van der Waals surface area contributed by atoms with Crippen molar-refractivity contribution in [2.75, 3.05) is 0 Å². The molecule has 5 heteroatoms. The molecular formula is C9H7BrN2S2. The summed E-state index contributed by atoms with van der Waals surface area (Å²) in [7, 11) is 0. The van der Waals surface area contributed by atoms with E-state index in [1.165, 1.54) is 5.56 Å². The highest BCUT2D eigenvalue weighted by Crippen LogP contribution is 2.26. The highest BCUT2D eigenvalue weighted by molar-refractivity contribution is 9.10. The lowest BCUT2D eigenvalue weighted by Crippen LogP contribution is -1.88. The fourth-order valence-electron chi connectivity index (χ4n) is 1.11. The number of halogens is 1. The topological polar surface area (TPSA) is 28.7 Å². The number of thiophene rings is 1. The third-order valence-electron chi connectivity index (χ3n) is 1.83. The van der Waals surface area contributed by atoms with Crippen molar-refractivity contribution in [2.45, 2.75) is 6.92 Å². The van der Waals surface area contributed by atoms with Gasteiger partial charge in [0.25, 0.3) is 0 Å². The Morgan fingerprint density at radius 1 is 1.57 bits per heavy atom. The van der Waals surface area contributed by atoms with E-state index in [0.29, 0.717) is 4.64 Å². The van der Waals surface area contributed by atoms with Crippen LogP contribution in [0.1, 0.15) is 5.56 Å². The van der Waals surface area contributed by atoms with Crippen molar-refractivity contribution in [1.82, 2.24) is 9.97 Å². The zero-order chi connectivity index (χ0) is 10.1. The lowest BCUT2D eigenvalue weighted by Gasteiger charge is -1.99. The van der Waals surface area contributed by atoms with E-state index in [0.717, 1.165) is 15.2 Å². The zero-order valence-corrected chi connectivity index (χ0v) is 10.6. The van der Waals surface area contributed by atoms with E-state index in [-0.39, 0.29) is 0 Å². The molecule has 0 aliphatic carbocycles. The third-order valence-corrected chi connectivity index (χ3v) is 4.04. The van der Waals surface area contributed by atoms with Crippen LogP contribution in [0.5, 0.6) is 0 Å². The second-order valence-electron chi connectivity index (χ2n) is 2.84. The van der Waals surface area contributed by atoms with Gasteiger partial charge in [-0.05, 0) is 39.9 Å². The smallest absolute Gasteiger partial charge is 0.148 e. The molecule has 2 heterocycles. The van der Waals surface area contributed by atoms with E-state index >= 15 is 0 Å². The minimum Gasteiger partial charge on any atom is -0.329 e. The van der Waals surface area contributed by atoms with Gasteiger partial charge in [0.2, 0.25) is 0 Å². The van der Waals surface area contributed by atoms with Crippen molar-refractivity contribution in [3.8, 4) is 10.7 Å². The highest BCUT2D eigenvalue weighted by Gasteiger charge is 2.05. The Bertz CT molecular complexity index is 516. The summed E-state index contributed by atoms with van der Waals surface area (Å²) in [5, 5.41) is 2.05. The number of aromatic amines is 1. The molecule has 0 fully saturated rings. The van der Waals surface area contributed by atoms with Crippen LogP contribution in [0, 0.1) is 11.6 Å². The zero-order valence-electron chi connectivity index (χ0n) is 7.37. The van der Waals surface area contributed by atoms with Crippen molar-refractivity contribution in [1.29, 1.82) is 0 Å². The second-order valence-corrected chi connectivity index (χ2v) is 5.02. The molecule has 2 aromatic rings. The summed E-state index contributed by atoms with van der Waals surface area (Å²) < 4.78 is 1.51. The molecule has 2 aromatic heterocycles. The summed E-state index contributed by atoms with van der Waals surface area (Å²) in [5.74, 6) is 0.839. The molecule has 0 saturated heterocycles. The number of rotatable bonds is 1. The van der Waals surface area contributed by atoms with Gasteiger partial charge in [0.05, 0.1) is 9.35 Å². The fraction of sp³-hybridized carbons (Fsp3) is 0.111. The molecule has 0 atom stereocenters. The molecule has 0 saturated carbocycles. The van der Waals surface area contributed by atoms with Crippen LogP contribution in [0.4, 0.5) is 0 Å². The Hall–Kier alpha value is -0.520. The molecule has 0 aromatic carbocycles. The van der Waals surface area contributed by atoms with E-state index in [9.17, 15) is 0 Å². The first kappa shape index (κ1) is 10.0. The van der Waals surface area contributed by atoms with Gasteiger partial charge < -0.3 is 4.98 Å². The Morgan fingerprint density at radius 3 is 2.93 bits per heavy atom. The number of aromatic nitrogens is 2. The van der Waals surface area contributed by atoms with Crippen LogP contribution in [0.15, 0.2) is 22.1 Å². The van der Waals surface area contributed by atoms with Gasteiger partial charge in [-0.3, -0.25) is 0 Å². The molecule has 0 unspecified atom stereocenters. The average molecular weight is 287 g/mol. The Morgan fingerprint density at radius 2 is 2.36 bits per heavy atom. The molecule has 0 amide bonds. The quantitative estimate of drug-likeness (QED) is 0.805.